The molecule has 90 valence electrons. The van der Waals surface area contributed by atoms with Crippen LogP contribution >= 0.6 is 23.2 Å². The third-order valence-electron chi connectivity index (χ3n) is 2.43. The fourth-order valence-corrected chi connectivity index (χ4v) is 2.13. The van der Waals surface area contributed by atoms with Gasteiger partial charge in [-0.1, -0.05) is 17.7 Å². The first-order valence-electron chi connectivity index (χ1n) is 4.93. The molecule has 0 N–H and O–H groups in total. The van der Waals surface area contributed by atoms with Gasteiger partial charge in [0.1, 0.15) is 12.4 Å². The first kappa shape index (κ1) is 12.2. The average molecular weight is 273 g/mol. The van der Waals surface area contributed by atoms with Crippen LogP contribution in [0.15, 0.2) is 18.2 Å². The van der Waals surface area contributed by atoms with Gasteiger partial charge < -0.3 is 9.30 Å². The quantitative estimate of drug-likeness (QED) is 0.637. The van der Waals surface area contributed by atoms with E-state index in [0.717, 1.165) is 5.52 Å². The largest absolute Gasteiger partial charge is 0.468 e. The Morgan fingerprint density at radius 3 is 2.94 bits per heavy atom. The molecule has 0 unspecified atom stereocenters. The van der Waals surface area contributed by atoms with Crippen molar-refractivity contribution < 1.29 is 9.53 Å². The second-order valence-corrected chi connectivity index (χ2v) is 4.11. The van der Waals surface area contributed by atoms with E-state index in [2.05, 4.69) is 9.72 Å². The van der Waals surface area contributed by atoms with E-state index in [9.17, 15) is 4.79 Å². The summed E-state index contributed by atoms with van der Waals surface area (Å²) in [6.07, 6.45) is 0. The number of carbonyl (C=O) groups excluding carboxylic acids is 1. The van der Waals surface area contributed by atoms with E-state index in [1.54, 1.807) is 16.7 Å². The predicted octanol–water partition coefficient (Wildman–Crippen LogP) is 2.60. The van der Waals surface area contributed by atoms with E-state index in [0.29, 0.717) is 16.4 Å². The molecule has 4 nitrogen and oxygen atoms in total. The monoisotopic (exact) mass is 272 g/mol. The molecular formula is C11H10Cl2N2O2. The maximum atomic E-state index is 11.3. The Bertz CT molecular complexity index is 566. The summed E-state index contributed by atoms with van der Waals surface area (Å²) in [5, 5.41) is 0.537. The van der Waals surface area contributed by atoms with Gasteiger partial charge >= 0.3 is 5.97 Å². The van der Waals surface area contributed by atoms with Gasteiger partial charge in [-0.05, 0) is 12.1 Å². The molecule has 0 bridgehead atoms. The van der Waals surface area contributed by atoms with E-state index < -0.39 is 0 Å². The Hall–Kier alpha value is -1.26. The summed E-state index contributed by atoms with van der Waals surface area (Å²) in [5.41, 5.74) is 1.42. The fourth-order valence-electron chi connectivity index (χ4n) is 1.66. The normalized spacial score (nSPS) is 10.8. The number of alkyl halides is 1. The van der Waals surface area contributed by atoms with Gasteiger partial charge in [-0.2, -0.15) is 0 Å². The molecule has 6 heteroatoms. The number of fused-ring (bicyclic) bond motifs is 1. The summed E-state index contributed by atoms with van der Waals surface area (Å²) in [4.78, 5) is 15.7. The third kappa shape index (κ3) is 2.23. The molecule has 17 heavy (non-hydrogen) atoms. The number of esters is 1. The average Bonchev–Trinajstić information content (AvgIpc) is 2.68. The number of benzene rings is 1. The van der Waals surface area contributed by atoms with Crippen molar-refractivity contribution in [1.29, 1.82) is 0 Å². The predicted molar refractivity (Wildman–Crippen MR) is 66.3 cm³/mol. The molecule has 0 fully saturated rings. The highest BCUT2D eigenvalue weighted by Gasteiger charge is 2.15. The van der Waals surface area contributed by atoms with Crippen LogP contribution in [0, 0.1) is 0 Å². The van der Waals surface area contributed by atoms with Gasteiger partial charge in [0.05, 0.1) is 29.0 Å². The summed E-state index contributed by atoms with van der Waals surface area (Å²) in [6, 6.07) is 5.38. The van der Waals surface area contributed by atoms with Gasteiger partial charge in [-0.25, -0.2) is 4.98 Å². The van der Waals surface area contributed by atoms with Crippen molar-refractivity contribution in [2.75, 3.05) is 7.11 Å². The lowest BCUT2D eigenvalue weighted by Gasteiger charge is -2.06. The second-order valence-electron chi connectivity index (χ2n) is 3.43. The zero-order chi connectivity index (χ0) is 12.4. The van der Waals surface area contributed by atoms with Crippen molar-refractivity contribution >= 4 is 40.2 Å². The number of imidazole rings is 1. The molecule has 1 aromatic heterocycles. The number of hydrogen-bond donors (Lipinski definition) is 0. The second kappa shape index (κ2) is 4.94. The highest BCUT2D eigenvalue weighted by atomic mass is 35.5. The standard InChI is InChI=1S/C11H10Cl2N2O2/c1-17-10(16)6-15-9(5-12)14-8-4-2-3-7(13)11(8)15/h2-4H,5-6H2,1H3. The minimum atomic E-state index is -0.365. The van der Waals surface area contributed by atoms with Crippen LogP contribution in [-0.4, -0.2) is 22.6 Å². The number of halogens is 2. The van der Waals surface area contributed by atoms with Crippen molar-refractivity contribution in [2.24, 2.45) is 0 Å². The fraction of sp³-hybridized carbons (Fsp3) is 0.273. The highest BCUT2D eigenvalue weighted by molar-refractivity contribution is 6.35. The van der Waals surface area contributed by atoms with Crippen molar-refractivity contribution in [3.8, 4) is 0 Å². The number of nitrogens with zero attached hydrogens (tertiary/aromatic N) is 2. The minimum Gasteiger partial charge on any atom is -0.468 e. The Morgan fingerprint density at radius 1 is 1.53 bits per heavy atom. The highest BCUT2D eigenvalue weighted by Crippen LogP contribution is 2.25. The van der Waals surface area contributed by atoms with Crippen LogP contribution in [0.4, 0.5) is 0 Å². The van der Waals surface area contributed by atoms with E-state index >= 15 is 0 Å². The van der Waals surface area contributed by atoms with Gasteiger partial charge in [0, 0.05) is 0 Å². The molecule has 0 aliphatic carbocycles. The van der Waals surface area contributed by atoms with Crippen LogP contribution in [0.2, 0.25) is 5.02 Å². The Morgan fingerprint density at radius 2 is 2.29 bits per heavy atom. The number of aromatic nitrogens is 2. The topological polar surface area (TPSA) is 44.1 Å². The molecule has 0 radical (unpaired) electrons. The van der Waals surface area contributed by atoms with E-state index in [1.165, 1.54) is 7.11 Å². The van der Waals surface area contributed by atoms with E-state index in [4.69, 9.17) is 23.2 Å². The number of methoxy groups -OCH3 is 1. The van der Waals surface area contributed by atoms with Crippen LogP contribution in [0.1, 0.15) is 5.82 Å². The molecular weight excluding hydrogens is 263 g/mol. The lowest BCUT2D eigenvalue weighted by Crippen LogP contribution is -2.13. The minimum absolute atomic E-state index is 0.0544. The molecule has 1 heterocycles. The Kier molecular flexibility index (Phi) is 3.54. The summed E-state index contributed by atoms with van der Waals surface area (Å²) < 4.78 is 6.32. The van der Waals surface area contributed by atoms with Crippen LogP contribution in [0.3, 0.4) is 0 Å². The smallest absolute Gasteiger partial charge is 0.325 e. The molecule has 0 aliphatic rings. The summed E-state index contributed by atoms with van der Waals surface area (Å²) in [5.74, 6) is 0.442. The summed E-state index contributed by atoms with van der Waals surface area (Å²) in [7, 11) is 1.34. The molecule has 0 amide bonds. The molecule has 0 saturated heterocycles. The van der Waals surface area contributed by atoms with Gasteiger partial charge in [0.2, 0.25) is 0 Å². The van der Waals surface area contributed by atoms with Crippen molar-refractivity contribution in [1.82, 2.24) is 9.55 Å². The lowest BCUT2D eigenvalue weighted by atomic mass is 10.3. The molecule has 1 aromatic carbocycles. The van der Waals surface area contributed by atoms with Gasteiger partial charge in [-0.3, -0.25) is 4.79 Å². The summed E-state index contributed by atoms with van der Waals surface area (Å²) >= 11 is 11.9. The zero-order valence-corrected chi connectivity index (χ0v) is 10.6. The van der Waals surface area contributed by atoms with Crippen LogP contribution in [0.25, 0.3) is 11.0 Å². The van der Waals surface area contributed by atoms with E-state index in [-0.39, 0.29) is 18.4 Å². The first-order chi connectivity index (χ1) is 8.17. The Balaban J connectivity index is 2.61. The molecule has 0 spiro atoms. The van der Waals surface area contributed by atoms with Gasteiger partial charge in [0.15, 0.2) is 0 Å². The van der Waals surface area contributed by atoms with Crippen molar-refractivity contribution in [3.63, 3.8) is 0 Å². The third-order valence-corrected chi connectivity index (χ3v) is 2.97. The maximum Gasteiger partial charge on any atom is 0.325 e. The van der Waals surface area contributed by atoms with Crippen molar-refractivity contribution in [2.45, 2.75) is 12.4 Å². The van der Waals surface area contributed by atoms with Gasteiger partial charge in [-0.15, -0.1) is 11.6 Å². The number of carbonyl (C=O) groups is 1. The van der Waals surface area contributed by atoms with Gasteiger partial charge in [0.25, 0.3) is 0 Å². The van der Waals surface area contributed by atoms with Crippen LogP contribution in [0.5, 0.6) is 0 Å². The number of hydrogen-bond acceptors (Lipinski definition) is 3. The lowest BCUT2D eigenvalue weighted by molar-refractivity contribution is -0.141. The number of para-hydroxylation sites is 1. The number of ether oxygens (including phenoxy) is 1. The van der Waals surface area contributed by atoms with Crippen molar-refractivity contribution in [3.05, 3.63) is 29.0 Å². The zero-order valence-electron chi connectivity index (χ0n) is 9.11. The first-order valence-corrected chi connectivity index (χ1v) is 5.85. The SMILES string of the molecule is COC(=O)Cn1c(CCl)nc2cccc(Cl)c21. The molecule has 2 rings (SSSR count). The molecule has 0 saturated carbocycles. The summed E-state index contributed by atoms with van der Waals surface area (Å²) in [6.45, 7) is 0.0544. The van der Waals surface area contributed by atoms with Crippen LogP contribution in [-0.2, 0) is 22.0 Å². The molecule has 2 aromatic rings. The maximum absolute atomic E-state index is 11.3. The Labute approximate surface area is 108 Å². The van der Waals surface area contributed by atoms with E-state index in [1.807, 2.05) is 6.07 Å². The van der Waals surface area contributed by atoms with Crippen LogP contribution < -0.4 is 0 Å². The molecule has 0 aliphatic heterocycles. The molecule has 0 atom stereocenters. The number of rotatable bonds is 3.